The molecule has 0 bridgehead atoms. The van der Waals surface area contributed by atoms with E-state index in [9.17, 15) is 14.4 Å². The first-order valence-corrected chi connectivity index (χ1v) is 4.05. The van der Waals surface area contributed by atoms with Crippen molar-refractivity contribution in [3.05, 3.63) is 0 Å². The van der Waals surface area contributed by atoms with Gasteiger partial charge in [0.2, 0.25) is 0 Å². The van der Waals surface area contributed by atoms with Crippen molar-refractivity contribution < 1.29 is 31.5 Å². The van der Waals surface area contributed by atoms with Gasteiger partial charge in [-0.15, -0.1) is 0 Å². The van der Waals surface area contributed by atoms with Gasteiger partial charge in [0.25, 0.3) is 0 Å². The van der Waals surface area contributed by atoms with Gasteiger partial charge in [0.15, 0.2) is 0 Å². The first-order chi connectivity index (χ1) is 5.74. The van der Waals surface area contributed by atoms with E-state index in [-0.39, 0.29) is 17.1 Å². The van der Waals surface area contributed by atoms with Gasteiger partial charge in [-0.1, -0.05) is 20.8 Å². The van der Waals surface area contributed by atoms with Crippen LogP contribution in [0.4, 0.5) is 0 Å². The number of hydrogen-bond acceptors (Lipinski definition) is 3. The summed E-state index contributed by atoms with van der Waals surface area (Å²) in [5.74, 6) is 0. The van der Waals surface area contributed by atoms with Gasteiger partial charge in [0.05, 0.1) is 0 Å². The molecule has 0 saturated carbocycles. The Balaban J connectivity index is -0.0000000450. The van der Waals surface area contributed by atoms with Gasteiger partial charge < -0.3 is 14.4 Å². The maximum atomic E-state index is 9.17. The van der Waals surface area contributed by atoms with Crippen LogP contribution in [0.1, 0.15) is 40.0 Å². The molecule has 3 nitrogen and oxygen atoms in total. The summed E-state index contributed by atoms with van der Waals surface area (Å²) in [5.41, 5.74) is 0. The minimum atomic E-state index is 0. The first-order valence-electron chi connectivity index (χ1n) is 4.05. The third-order valence-electron chi connectivity index (χ3n) is 0.500. The van der Waals surface area contributed by atoms with Crippen molar-refractivity contribution in [3.63, 3.8) is 0 Å². The summed E-state index contributed by atoms with van der Waals surface area (Å²) in [6.07, 6.45) is 4.54. The summed E-state index contributed by atoms with van der Waals surface area (Å²) >= 11 is 0. The molecule has 4 heteroatoms. The zero-order valence-electron chi connectivity index (χ0n) is 8.43. The van der Waals surface area contributed by atoms with Crippen molar-refractivity contribution in [3.8, 4) is 0 Å². The van der Waals surface area contributed by atoms with Gasteiger partial charge in [-0.25, -0.2) is 0 Å². The Morgan fingerprint density at radius 3 is 0.769 bits per heavy atom. The van der Waals surface area contributed by atoms with Crippen LogP contribution in [0.25, 0.3) is 0 Å². The maximum absolute atomic E-state index is 9.17. The van der Waals surface area contributed by atoms with E-state index in [4.69, 9.17) is 0 Å². The van der Waals surface area contributed by atoms with E-state index >= 15 is 0 Å². The van der Waals surface area contributed by atoms with Gasteiger partial charge in [0, 0.05) is 19.3 Å². The molecular formula is C9H18FeO3+3. The molecule has 0 rings (SSSR count). The fourth-order valence-electron chi connectivity index (χ4n) is 0. The summed E-state index contributed by atoms with van der Waals surface area (Å²) in [4.78, 5) is 27.5. The second-order valence-electron chi connectivity index (χ2n) is 1.72. The number of carbonyl (C=O) groups is 3. The molecule has 1 radical (unpaired) electrons. The van der Waals surface area contributed by atoms with E-state index in [2.05, 4.69) is 0 Å². The van der Waals surface area contributed by atoms with Crippen molar-refractivity contribution in [1.82, 2.24) is 0 Å². The largest absolute Gasteiger partial charge is 3.00 e. The van der Waals surface area contributed by atoms with Crippen LogP contribution in [0.5, 0.6) is 0 Å². The van der Waals surface area contributed by atoms with Crippen LogP contribution < -0.4 is 0 Å². The Morgan fingerprint density at radius 1 is 0.692 bits per heavy atom. The number of hydrogen-bond donors (Lipinski definition) is 0. The minimum absolute atomic E-state index is 0. The van der Waals surface area contributed by atoms with E-state index in [0.717, 1.165) is 18.9 Å². The molecule has 77 valence electrons. The topological polar surface area (TPSA) is 51.2 Å². The molecule has 0 atom stereocenters. The Hall–Kier alpha value is -0.471. The summed E-state index contributed by atoms with van der Waals surface area (Å²) < 4.78 is 0. The molecule has 0 heterocycles. The van der Waals surface area contributed by atoms with Crippen molar-refractivity contribution >= 4 is 18.9 Å². The molecule has 0 spiro atoms. The minimum Gasteiger partial charge on any atom is -0.303 e. The van der Waals surface area contributed by atoms with E-state index in [1.807, 2.05) is 20.8 Å². The van der Waals surface area contributed by atoms with Gasteiger partial charge in [-0.3, -0.25) is 0 Å². The van der Waals surface area contributed by atoms with Gasteiger partial charge >= 0.3 is 17.1 Å². The zero-order valence-corrected chi connectivity index (χ0v) is 9.54. The summed E-state index contributed by atoms with van der Waals surface area (Å²) in [7, 11) is 0. The van der Waals surface area contributed by atoms with Crippen molar-refractivity contribution in [1.29, 1.82) is 0 Å². The molecule has 0 aliphatic rings. The van der Waals surface area contributed by atoms with Crippen molar-refractivity contribution in [2.24, 2.45) is 0 Å². The second-order valence-corrected chi connectivity index (χ2v) is 1.72. The van der Waals surface area contributed by atoms with E-state index in [0.29, 0.717) is 19.3 Å². The average molecular weight is 230 g/mol. The van der Waals surface area contributed by atoms with Crippen LogP contribution in [-0.4, -0.2) is 18.9 Å². The quantitative estimate of drug-likeness (QED) is 0.548. The molecule has 0 N–H and O–H groups in total. The first kappa shape index (κ1) is 22.9. The third kappa shape index (κ3) is 164. The second kappa shape index (κ2) is 41.8. The molecule has 0 aromatic carbocycles. The molecule has 0 unspecified atom stereocenters. The summed E-state index contributed by atoms with van der Waals surface area (Å²) in [6, 6.07) is 0. The van der Waals surface area contributed by atoms with Crippen LogP contribution in [0.2, 0.25) is 0 Å². The monoisotopic (exact) mass is 230 g/mol. The number of aldehydes is 3. The molecule has 13 heavy (non-hydrogen) atoms. The molecule has 0 aromatic rings. The van der Waals surface area contributed by atoms with Gasteiger partial charge in [-0.05, 0) is 0 Å². The Morgan fingerprint density at radius 2 is 0.769 bits per heavy atom. The molecular weight excluding hydrogens is 212 g/mol. The van der Waals surface area contributed by atoms with E-state index in [1.54, 1.807) is 0 Å². The average Bonchev–Trinajstić information content (AvgIpc) is 2.18. The van der Waals surface area contributed by atoms with Crippen molar-refractivity contribution in [2.75, 3.05) is 0 Å². The van der Waals surface area contributed by atoms with Crippen LogP contribution in [-0.2, 0) is 31.5 Å². The number of carbonyl (C=O) groups excluding carboxylic acids is 3. The predicted octanol–water partition coefficient (Wildman–Crippen LogP) is 1.78. The van der Waals surface area contributed by atoms with Crippen LogP contribution in [0.3, 0.4) is 0 Å². The predicted molar refractivity (Wildman–Crippen MR) is 49.1 cm³/mol. The van der Waals surface area contributed by atoms with E-state index in [1.165, 1.54) is 0 Å². The van der Waals surface area contributed by atoms with Gasteiger partial charge in [-0.2, -0.15) is 0 Å². The fourth-order valence-corrected chi connectivity index (χ4v) is 0. The molecule has 0 aliphatic carbocycles. The molecule has 0 fully saturated rings. The van der Waals surface area contributed by atoms with Gasteiger partial charge in [0.1, 0.15) is 18.9 Å². The van der Waals surface area contributed by atoms with Crippen LogP contribution in [0.15, 0.2) is 0 Å². The maximum Gasteiger partial charge on any atom is 3.00 e. The molecule has 0 aromatic heterocycles. The van der Waals surface area contributed by atoms with Crippen LogP contribution in [0, 0.1) is 0 Å². The molecule has 0 aliphatic heterocycles. The summed E-state index contributed by atoms with van der Waals surface area (Å²) in [6.45, 7) is 5.44. The zero-order chi connectivity index (χ0) is 10.2. The van der Waals surface area contributed by atoms with Crippen molar-refractivity contribution in [2.45, 2.75) is 40.0 Å². The number of rotatable bonds is 3. The SMILES string of the molecule is CCC=O.CCC=O.CCC=O.[Fe+3]. The smallest absolute Gasteiger partial charge is 0.303 e. The Labute approximate surface area is 90.8 Å². The molecule has 0 amide bonds. The fraction of sp³-hybridized carbons (Fsp3) is 0.667. The van der Waals surface area contributed by atoms with E-state index < -0.39 is 0 Å². The Kier molecular flexibility index (Phi) is 73.6. The third-order valence-corrected chi connectivity index (χ3v) is 0.500. The normalized spacial score (nSPS) is 5.77. The standard InChI is InChI=1S/3C3H6O.Fe/c3*1-2-3-4;/h3*3H,2H2,1H3;/q;;;+3. The summed E-state index contributed by atoms with van der Waals surface area (Å²) in [5, 5.41) is 0. The molecule has 0 saturated heterocycles. The van der Waals surface area contributed by atoms with Crippen LogP contribution >= 0.6 is 0 Å². The Bertz CT molecular complexity index is 75.8.